The van der Waals surface area contributed by atoms with Crippen molar-refractivity contribution in [2.75, 3.05) is 12.1 Å². The quantitative estimate of drug-likeness (QED) is 0.353. The second kappa shape index (κ2) is 9.52. The largest absolute Gasteiger partial charge is 0.454 e. The van der Waals surface area contributed by atoms with Crippen molar-refractivity contribution in [1.82, 2.24) is 19.3 Å². The van der Waals surface area contributed by atoms with Gasteiger partial charge in [-0.15, -0.1) is 0 Å². The summed E-state index contributed by atoms with van der Waals surface area (Å²) in [6.07, 6.45) is 0. The number of ether oxygens (including phenoxy) is 2. The molecule has 38 heavy (non-hydrogen) atoms. The number of benzene rings is 3. The normalized spacial score (nSPS) is 12.1. The third kappa shape index (κ3) is 4.39. The predicted molar refractivity (Wildman–Crippen MR) is 138 cm³/mol. The lowest BCUT2D eigenvalue weighted by molar-refractivity contribution is -0.116. The van der Waals surface area contributed by atoms with E-state index in [1.807, 2.05) is 30.3 Å². The molecule has 1 aliphatic heterocycles. The van der Waals surface area contributed by atoms with Crippen molar-refractivity contribution in [3.05, 3.63) is 98.5 Å². The van der Waals surface area contributed by atoms with Crippen LogP contribution in [0.3, 0.4) is 0 Å². The third-order valence-corrected chi connectivity index (χ3v) is 6.19. The van der Waals surface area contributed by atoms with Crippen molar-refractivity contribution in [1.29, 1.82) is 0 Å². The maximum atomic E-state index is 13.6. The maximum absolute atomic E-state index is 13.6. The van der Waals surface area contributed by atoms with Gasteiger partial charge in [-0.3, -0.25) is 18.7 Å². The molecule has 0 radical (unpaired) electrons. The minimum absolute atomic E-state index is 0.0224. The van der Waals surface area contributed by atoms with Gasteiger partial charge in [0.05, 0.1) is 10.9 Å². The summed E-state index contributed by atoms with van der Waals surface area (Å²) in [5.74, 6) is 0.620. The van der Waals surface area contributed by atoms with Crippen molar-refractivity contribution >= 4 is 34.1 Å². The van der Waals surface area contributed by atoms with E-state index >= 15 is 0 Å². The summed E-state index contributed by atoms with van der Waals surface area (Å²) in [7, 11) is 0. The minimum Gasteiger partial charge on any atom is -0.454 e. The highest BCUT2D eigenvalue weighted by Gasteiger charge is 2.22. The van der Waals surface area contributed by atoms with Gasteiger partial charge in [0.1, 0.15) is 13.1 Å². The smallest absolute Gasteiger partial charge is 0.332 e. The highest BCUT2D eigenvalue weighted by molar-refractivity contribution is 6.30. The fraction of sp³-hybridized carbons (Fsp3) is 0.115. The van der Waals surface area contributed by atoms with E-state index in [9.17, 15) is 14.4 Å². The van der Waals surface area contributed by atoms with E-state index < -0.39 is 17.2 Å². The molecule has 0 aliphatic carbocycles. The molecule has 3 heterocycles. The molecule has 0 saturated carbocycles. The number of aromatic nitrogens is 4. The molecule has 5 aromatic rings. The van der Waals surface area contributed by atoms with Gasteiger partial charge in [0.15, 0.2) is 11.5 Å². The van der Waals surface area contributed by atoms with Gasteiger partial charge in [0, 0.05) is 22.3 Å². The lowest BCUT2D eigenvalue weighted by atomic mass is 10.2. The Morgan fingerprint density at radius 2 is 1.71 bits per heavy atom. The van der Waals surface area contributed by atoms with Crippen molar-refractivity contribution in [3.8, 4) is 22.9 Å². The molecule has 0 fully saturated rings. The van der Waals surface area contributed by atoms with Crippen molar-refractivity contribution in [2.24, 2.45) is 0 Å². The van der Waals surface area contributed by atoms with E-state index in [1.165, 1.54) is 16.7 Å². The molecule has 190 valence electrons. The predicted octanol–water partition coefficient (Wildman–Crippen LogP) is 3.28. The lowest BCUT2D eigenvalue weighted by Crippen LogP contribution is -2.42. The Morgan fingerprint density at radius 1 is 0.974 bits per heavy atom. The van der Waals surface area contributed by atoms with Gasteiger partial charge in [-0.2, -0.15) is 4.98 Å². The zero-order chi connectivity index (χ0) is 26.2. The molecular weight excluding hydrogens is 514 g/mol. The third-order valence-electron chi connectivity index (χ3n) is 5.94. The highest BCUT2D eigenvalue weighted by atomic mass is 35.5. The summed E-state index contributed by atoms with van der Waals surface area (Å²) in [6.45, 7) is -0.691. The SMILES string of the molecule is O=C(Cn1c(=O)n(Cc2nc(-c3ccccc3)no2)c(=O)c2cc3c(cc21)OCO3)Nc1ccc(Cl)cc1. The number of nitrogens with one attached hydrogen (secondary N) is 1. The number of anilines is 1. The van der Waals surface area contributed by atoms with Gasteiger partial charge in [-0.25, -0.2) is 4.79 Å². The number of carbonyl (C=O) groups excluding carboxylic acids is 1. The number of amides is 1. The molecule has 1 N–H and O–H groups in total. The average Bonchev–Trinajstić information content (AvgIpc) is 3.59. The molecular formula is C26H18ClN5O6. The van der Waals surface area contributed by atoms with Crippen molar-refractivity contribution in [3.63, 3.8) is 0 Å². The molecule has 6 rings (SSSR count). The summed E-state index contributed by atoms with van der Waals surface area (Å²) in [6, 6.07) is 18.7. The zero-order valence-corrected chi connectivity index (χ0v) is 20.3. The van der Waals surface area contributed by atoms with E-state index in [2.05, 4.69) is 15.5 Å². The second-order valence-electron chi connectivity index (χ2n) is 8.42. The molecule has 1 amide bonds. The summed E-state index contributed by atoms with van der Waals surface area (Å²) in [5.41, 5.74) is 0.116. The lowest BCUT2D eigenvalue weighted by Gasteiger charge is -2.14. The van der Waals surface area contributed by atoms with E-state index in [-0.39, 0.29) is 36.7 Å². The average molecular weight is 532 g/mol. The van der Waals surface area contributed by atoms with Crippen LogP contribution >= 0.6 is 11.6 Å². The maximum Gasteiger partial charge on any atom is 0.332 e. The molecule has 0 spiro atoms. The number of hydrogen-bond acceptors (Lipinski definition) is 8. The molecule has 11 nitrogen and oxygen atoms in total. The number of fused-ring (bicyclic) bond motifs is 2. The van der Waals surface area contributed by atoms with Gasteiger partial charge in [0.25, 0.3) is 5.56 Å². The number of carbonyl (C=O) groups is 1. The zero-order valence-electron chi connectivity index (χ0n) is 19.6. The Bertz CT molecular complexity index is 1790. The number of rotatable bonds is 6. The van der Waals surface area contributed by atoms with Gasteiger partial charge < -0.3 is 19.3 Å². The number of hydrogen-bond donors (Lipinski definition) is 1. The fourth-order valence-electron chi connectivity index (χ4n) is 4.14. The van der Waals surface area contributed by atoms with Gasteiger partial charge in [0.2, 0.25) is 24.4 Å². The minimum atomic E-state index is -0.730. The molecule has 0 atom stereocenters. The van der Waals surface area contributed by atoms with Crippen LogP contribution in [0, 0.1) is 0 Å². The Morgan fingerprint density at radius 3 is 2.47 bits per heavy atom. The van der Waals surface area contributed by atoms with Crippen LogP contribution in [0.25, 0.3) is 22.3 Å². The topological polar surface area (TPSA) is 130 Å². The van der Waals surface area contributed by atoms with Crippen LogP contribution in [0.15, 0.2) is 80.8 Å². The van der Waals surface area contributed by atoms with E-state index in [0.29, 0.717) is 28.0 Å². The van der Waals surface area contributed by atoms with Gasteiger partial charge in [-0.1, -0.05) is 47.1 Å². The number of halogens is 1. The number of nitrogens with zero attached hydrogens (tertiary/aromatic N) is 4. The van der Waals surface area contributed by atoms with Gasteiger partial charge >= 0.3 is 5.69 Å². The first kappa shape index (κ1) is 23.5. The van der Waals surface area contributed by atoms with Crippen LogP contribution in [-0.2, 0) is 17.9 Å². The molecule has 2 aromatic heterocycles. The Hall–Kier alpha value is -4.90. The van der Waals surface area contributed by atoms with E-state index in [4.69, 9.17) is 25.6 Å². The van der Waals surface area contributed by atoms with Gasteiger partial charge in [-0.05, 0) is 30.3 Å². The first-order valence-electron chi connectivity index (χ1n) is 11.5. The van der Waals surface area contributed by atoms with Crippen LogP contribution in [0.4, 0.5) is 5.69 Å². The molecule has 12 heteroatoms. The molecule has 0 saturated heterocycles. The Labute approximate surface area is 218 Å². The van der Waals surface area contributed by atoms with E-state index in [1.54, 1.807) is 24.3 Å². The second-order valence-corrected chi connectivity index (χ2v) is 8.85. The summed E-state index contributed by atoms with van der Waals surface area (Å²) in [4.78, 5) is 44.3. The van der Waals surface area contributed by atoms with Crippen molar-refractivity contribution in [2.45, 2.75) is 13.1 Å². The fourth-order valence-corrected chi connectivity index (χ4v) is 4.26. The molecule has 3 aromatic carbocycles. The summed E-state index contributed by atoms with van der Waals surface area (Å²) < 4.78 is 18.3. The Balaban J connectivity index is 1.41. The van der Waals surface area contributed by atoms with Crippen LogP contribution in [-0.4, -0.2) is 32.0 Å². The van der Waals surface area contributed by atoms with E-state index in [0.717, 1.165) is 10.1 Å². The first-order valence-corrected chi connectivity index (χ1v) is 11.8. The monoisotopic (exact) mass is 531 g/mol. The first-order chi connectivity index (χ1) is 18.5. The summed E-state index contributed by atoms with van der Waals surface area (Å²) in [5, 5.41) is 7.36. The summed E-state index contributed by atoms with van der Waals surface area (Å²) >= 11 is 5.92. The molecule has 0 bridgehead atoms. The molecule has 0 unspecified atom stereocenters. The Kier molecular flexibility index (Phi) is 5.89. The van der Waals surface area contributed by atoms with Crippen molar-refractivity contribution < 1.29 is 18.8 Å². The standard InChI is InChI=1S/C26H18ClN5O6/c27-16-6-8-17(9-7-16)28-22(33)12-31-19-11-21-20(36-14-37-21)10-18(19)25(34)32(26(31)35)13-23-29-24(30-38-23)15-4-2-1-3-5-15/h1-11H,12-14H2,(H,28,33). The van der Waals surface area contributed by atoms with Crippen LogP contribution in [0.2, 0.25) is 5.02 Å². The molecule has 1 aliphatic rings. The van der Waals surface area contributed by atoms with Crippen LogP contribution in [0.5, 0.6) is 11.5 Å². The van der Waals surface area contributed by atoms with Crippen LogP contribution in [0.1, 0.15) is 5.89 Å². The highest BCUT2D eigenvalue weighted by Crippen LogP contribution is 2.34. The van der Waals surface area contributed by atoms with Crippen LogP contribution < -0.4 is 26.0 Å².